The quantitative estimate of drug-likeness (QED) is 0.180. The molecule has 0 spiro atoms. The van der Waals surface area contributed by atoms with Crippen LogP contribution >= 0.6 is 0 Å². The average Bonchev–Trinajstić information content (AvgIpc) is 3.99. The Morgan fingerprint density at radius 3 is 1.82 bits per heavy atom. The smallest absolute Gasteiger partial charge is 0.136 e. The van der Waals surface area contributed by atoms with Gasteiger partial charge in [0.25, 0.3) is 0 Å². The van der Waals surface area contributed by atoms with E-state index in [0.717, 1.165) is 33.1 Å². The van der Waals surface area contributed by atoms with Gasteiger partial charge in [0.2, 0.25) is 0 Å². The second-order valence-electron chi connectivity index (χ2n) is 14.8. The molecule has 0 bridgehead atoms. The van der Waals surface area contributed by atoms with Crippen molar-refractivity contribution < 1.29 is 4.42 Å². The molecule has 3 aromatic heterocycles. The molecule has 1 aliphatic carbocycles. The monoisotopic (exact) mass is 698 g/mol. The van der Waals surface area contributed by atoms with Crippen LogP contribution in [0.5, 0.6) is 0 Å². The number of furan rings is 1. The van der Waals surface area contributed by atoms with Crippen LogP contribution in [0.4, 0.5) is 0 Å². The van der Waals surface area contributed by atoms with E-state index in [9.17, 15) is 0 Å². The van der Waals surface area contributed by atoms with E-state index in [-0.39, 0.29) is 0 Å². The summed E-state index contributed by atoms with van der Waals surface area (Å²) in [5.74, 6) is 0. The highest BCUT2D eigenvalue weighted by molar-refractivity contribution is 6.32. The van der Waals surface area contributed by atoms with Crippen LogP contribution in [-0.4, -0.2) is 9.13 Å². The molecular weight excluding hydrogens is 669 g/mol. The SMILES string of the molecule is c1ccc(-c2ccc(-n3c4ccccc4c4ccc5c6c7c(ccc6n(-c6ccc8c9c(cccc69)-c6ccccc6-8)c5c43)oc3ccccc37)cc2)cc1. The fourth-order valence-electron chi connectivity index (χ4n) is 9.79. The van der Waals surface area contributed by atoms with Crippen LogP contribution in [0.3, 0.4) is 0 Å². The van der Waals surface area contributed by atoms with Crippen LogP contribution in [0.1, 0.15) is 0 Å². The summed E-state index contributed by atoms with van der Waals surface area (Å²) in [5, 5.41) is 9.73. The number of benzene rings is 9. The largest absolute Gasteiger partial charge is 0.456 e. The first-order valence-corrected chi connectivity index (χ1v) is 18.9. The van der Waals surface area contributed by atoms with E-state index in [1.54, 1.807) is 0 Å². The molecule has 0 aliphatic heterocycles. The lowest BCUT2D eigenvalue weighted by molar-refractivity contribution is 0.669. The summed E-state index contributed by atoms with van der Waals surface area (Å²) in [5.41, 5.74) is 16.4. The third-order valence-electron chi connectivity index (χ3n) is 12.1. The number of para-hydroxylation sites is 2. The van der Waals surface area contributed by atoms with Crippen molar-refractivity contribution in [3.8, 4) is 44.8 Å². The summed E-state index contributed by atoms with van der Waals surface area (Å²) in [6.07, 6.45) is 0. The molecule has 0 fully saturated rings. The highest BCUT2D eigenvalue weighted by Crippen LogP contribution is 2.51. The normalized spacial score (nSPS) is 12.4. The second kappa shape index (κ2) is 10.6. The van der Waals surface area contributed by atoms with Crippen molar-refractivity contribution in [3.05, 3.63) is 182 Å². The van der Waals surface area contributed by atoms with E-state index in [1.165, 1.54) is 87.9 Å². The van der Waals surface area contributed by atoms with Gasteiger partial charge >= 0.3 is 0 Å². The molecule has 12 aromatic rings. The lowest BCUT2D eigenvalue weighted by Crippen LogP contribution is -1.99. The number of rotatable bonds is 3. The Labute approximate surface area is 315 Å². The van der Waals surface area contributed by atoms with Gasteiger partial charge in [0.15, 0.2) is 0 Å². The van der Waals surface area contributed by atoms with E-state index in [1.807, 2.05) is 0 Å². The van der Waals surface area contributed by atoms with Gasteiger partial charge in [-0.05, 0) is 81.2 Å². The van der Waals surface area contributed by atoms with Gasteiger partial charge in [-0.25, -0.2) is 0 Å². The van der Waals surface area contributed by atoms with Gasteiger partial charge in [-0.15, -0.1) is 0 Å². The van der Waals surface area contributed by atoms with Crippen molar-refractivity contribution in [3.63, 3.8) is 0 Å². The first kappa shape index (κ1) is 29.1. The average molecular weight is 699 g/mol. The lowest BCUT2D eigenvalue weighted by atomic mass is 10.0. The summed E-state index contributed by atoms with van der Waals surface area (Å²) in [7, 11) is 0. The molecule has 1 aliphatic rings. The standard InChI is InChI=1S/C52H30N2O/c1-2-11-31(12-3-1)32-21-23-33(24-22-32)53-43-19-8-6-15-36(43)39-25-26-42-49-45(29-30-47-50(49)41-16-7-9-20-46(41)55-47)54(52(42)51(39)53)44-28-27-38-35-14-5-4-13-34(35)37-17-10-18-40(44)48(37)38/h1-30H. The number of nitrogens with zero attached hydrogens (tertiary/aromatic N) is 2. The highest BCUT2D eigenvalue weighted by Gasteiger charge is 2.27. The van der Waals surface area contributed by atoms with Gasteiger partial charge in [0.1, 0.15) is 11.2 Å². The summed E-state index contributed by atoms with van der Waals surface area (Å²) in [6.45, 7) is 0. The molecule has 0 N–H and O–H groups in total. The molecule has 9 aromatic carbocycles. The zero-order valence-electron chi connectivity index (χ0n) is 29.6. The van der Waals surface area contributed by atoms with Crippen LogP contribution in [0, 0.1) is 0 Å². The predicted molar refractivity (Wildman–Crippen MR) is 230 cm³/mol. The molecule has 0 radical (unpaired) electrons. The minimum atomic E-state index is 0.903. The summed E-state index contributed by atoms with van der Waals surface area (Å²) in [4.78, 5) is 0. The second-order valence-corrected chi connectivity index (χ2v) is 14.8. The molecule has 0 atom stereocenters. The summed E-state index contributed by atoms with van der Waals surface area (Å²) >= 11 is 0. The van der Waals surface area contributed by atoms with Crippen LogP contribution < -0.4 is 0 Å². The molecule has 3 heterocycles. The molecule has 0 amide bonds. The molecule has 55 heavy (non-hydrogen) atoms. The van der Waals surface area contributed by atoms with E-state index in [2.05, 4.69) is 191 Å². The van der Waals surface area contributed by atoms with Crippen molar-refractivity contribution in [1.82, 2.24) is 9.13 Å². The molecule has 0 saturated heterocycles. The lowest BCUT2D eigenvalue weighted by Gasteiger charge is -2.15. The van der Waals surface area contributed by atoms with Gasteiger partial charge in [-0.1, -0.05) is 140 Å². The predicted octanol–water partition coefficient (Wildman–Crippen LogP) is 14.2. The Hall–Kier alpha value is -7.36. The van der Waals surface area contributed by atoms with Crippen molar-refractivity contribution in [2.75, 3.05) is 0 Å². The van der Waals surface area contributed by atoms with Crippen molar-refractivity contribution in [1.29, 1.82) is 0 Å². The Balaban J connectivity index is 1.23. The van der Waals surface area contributed by atoms with Crippen LogP contribution in [0.15, 0.2) is 186 Å². The highest BCUT2D eigenvalue weighted by atomic mass is 16.3. The molecule has 3 nitrogen and oxygen atoms in total. The number of hydrogen-bond acceptors (Lipinski definition) is 1. The van der Waals surface area contributed by atoms with E-state index < -0.39 is 0 Å². The molecule has 3 heteroatoms. The van der Waals surface area contributed by atoms with Gasteiger partial charge in [0, 0.05) is 43.4 Å². The first-order valence-electron chi connectivity index (χ1n) is 18.9. The Kier molecular flexibility index (Phi) is 5.63. The molecule has 254 valence electrons. The number of fused-ring (bicyclic) bond motifs is 14. The maximum absolute atomic E-state index is 6.53. The third kappa shape index (κ3) is 3.79. The van der Waals surface area contributed by atoms with E-state index >= 15 is 0 Å². The topological polar surface area (TPSA) is 23.0 Å². The Bertz CT molecular complexity index is 3550. The van der Waals surface area contributed by atoms with Crippen molar-refractivity contribution in [2.45, 2.75) is 0 Å². The molecular formula is C52H30N2O. The van der Waals surface area contributed by atoms with E-state index in [0.29, 0.717) is 0 Å². The van der Waals surface area contributed by atoms with Crippen molar-refractivity contribution in [2.24, 2.45) is 0 Å². The Morgan fingerprint density at radius 1 is 0.309 bits per heavy atom. The fourth-order valence-corrected chi connectivity index (χ4v) is 9.79. The van der Waals surface area contributed by atoms with Crippen LogP contribution in [0.2, 0.25) is 0 Å². The molecule has 0 unspecified atom stereocenters. The minimum Gasteiger partial charge on any atom is -0.456 e. The maximum atomic E-state index is 6.53. The zero-order valence-corrected chi connectivity index (χ0v) is 29.6. The molecule has 13 rings (SSSR count). The van der Waals surface area contributed by atoms with Gasteiger partial charge in [-0.2, -0.15) is 0 Å². The number of hydrogen-bond donors (Lipinski definition) is 0. The number of aromatic nitrogens is 2. The van der Waals surface area contributed by atoms with Crippen LogP contribution in [-0.2, 0) is 0 Å². The molecule has 0 saturated carbocycles. The zero-order chi connectivity index (χ0) is 35.8. The summed E-state index contributed by atoms with van der Waals surface area (Å²) in [6, 6.07) is 66.4. The first-order chi connectivity index (χ1) is 27.3. The Morgan fingerprint density at radius 2 is 0.964 bits per heavy atom. The van der Waals surface area contributed by atoms with E-state index in [4.69, 9.17) is 4.42 Å². The van der Waals surface area contributed by atoms with Gasteiger partial charge in [0.05, 0.1) is 27.8 Å². The summed E-state index contributed by atoms with van der Waals surface area (Å²) < 4.78 is 11.6. The van der Waals surface area contributed by atoms with Gasteiger partial charge in [-0.3, -0.25) is 0 Å². The van der Waals surface area contributed by atoms with Crippen LogP contribution in [0.25, 0.3) is 121 Å². The van der Waals surface area contributed by atoms with Gasteiger partial charge < -0.3 is 13.6 Å². The fraction of sp³-hybridized carbons (Fsp3) is 0. The maximum Gasteiger partial charge on any atom is 0.136 e. The third-order valence-corrected chi connectivity index (χ3v) is 12.1. The minimum absolute atomic E-state index is 0.903. The van der Waals surface area contributed by atoms with Crippen molar-refractivity contribution >= 4 is 76.3 Å².